The minimum Gasteiger partial charge on any atom is -0.497 e. The van der Waals surface area contributed by atoms with E-state index in [1.807, 2.05) is 0 Å². The maximum Gasteiger partial charge on any atom is 0.253 e. The van der Waals surface area contributed by atoms with Crippen molar-refractivity contribution < 1.29 is 14.6 Å². The number of nitrogens with two attached hydrogens (primary N) is 1. The lowest BCUT2D eigenvalue weighted by molar-refractivity contribution is 0.0945. The summed E-state index contributed by atoms with van der Waals surface area (Å²) in [6, 6.07) is 5.01. The van der Waals surface area contributed by atoms with Crippen LogP contribution < -0.4 is 15.8 Å². The monoisotopic (exact) mass is 264 g/mol. The third-order valence-electron chi connectivity index (χ3n) is 3.57. The highest BCUT2D eigenvalue weighted by molar-refractivity contribution is 5.99. The van der Waals surface area contributed by atoms with E-state index in [0.717, 1.165) is 19.3 Å². The Morgan fingerprint density at radius 2 is 2.32 bits per heavy atom. The first-order chi connectivity index (χ1) is 9.10. The largest absolute Gasteiger partial charge is 0.497 e. The number of nitrogens with one attached hydrogen (secondary N) is 1. The Kier molecular flexibility index (Phi) is 4.27. The predicted octanol–water partition coefficient (Wildman–Crippen LogP) is 1.17. The first-order valence-corrected chi connectivity index (χ1v) is 6.50. The lowest BCUT2D eigenvalue weighted by Gasteiger charge is -2.12. The number of hydrogen-bond acceptors (Lipinski definition) is 4. The molecule has 0 spiro atoms. The molecule has 0 saturated heterocycles. The number of rotatable bonds is 4. The van der Waals surface area contributed by atoms with E-state index in [9.17, 15) is 9.90 Å². The number of anilines is 1. The van der Waals surface area contributed by atoms with Gasteiger partial charge in [-0.05, 0) is 43.4 Å². The molecule has 1 aromatic rings. The number of aliphatic hydroxyl groups excluding tert-OH is 1. The number of carbonyl (C=O) groups is 1. The molecule has 104 valence electrons. The molecule has 0 bridgehead atoms. The van der Waals surface area contributed by atoms with Crippen LogP contribution in [0, 0.1) is 5.92 Å². The van der Waals surface area contributed by atoms with E-state index in [2.05, 4.69) is 5.32 Å². The number of nitrogen functional groups attached to an aromatic ring is 1. The number of carbonyl (C=O) groups excluding carboxylic acids is 1. The van der Waals surface area contributed by atoms with Gasteiger partial charge in [-0.1, -0.05) is 0 Å². The molecule has 2 atom stereocenters. The lowest BCUT2D eigenvalue weighted by Crippen LogP contribution is -2.29. The van der Waals surface area contributed by atoms with Gasteiger partial charge in [0.25, 0.3) is 5.91 Å². The summed E-state index contributed by atoms with van der Waals surface area (Å²) in [4.78, 5) is 12.1. The Labute approximate surface area is 112 Å². The number of ether oxygens (including phenoxy) is 1. The van der Waals surface area contributed by atoms with E-state index in [-0.39, 0.29) is 12.0 Å². The Morgan fingerprint density at radius 1 is 1.53 bits per heavy atom. The fraction of sp³-hybridized carbons (Fsp3) is 0.500. The van der Waals surface area contributed by atoms with Gasteiger partial charge in [-0.3, -0.25) is 4.79 Å². The zero-order valence-electron chi connectivity index (χ0n) is 11.1. The highest BCUT2D eigenvalue weighted by Gasteiger charge is 2.23. The van der Waals surface area contributed by atoms with Gasteiger partial charge in [-0.25, -0.2) is 0 Å². The second kappa shape index (κ2) is 5.93. The standard InChI is InChI=1S/C14H20N2O3/c1-19-11-4-5-13(15)12(7-11)14(18)16-8-9-2-3-10(17)6-9/h4-5,7,9-10,17H,2-3,6,8,15H2,1H3,(H,16,18). The molecule has 1 aliphatic rings. The molecule has 2 unspecified atom stereocenters. The number of benzene rings is 1. The van der Waals surface area contributed by atoms with Gasteiger partial charge in [-0.15, -0.1) is 0 Å². The number of methoxy groups -OCH3 is 1. The maximum absolute atomic E-state index is 12.1. The second-order valence-corrected chi connectivity index (χ2v) is 5.00. The van der Waals surface area contributed by atoms with E-state index in [1.54, 1.807) is 25.3 Å². The molecule has 0 radical (unpaired) electrons. The van der Waals surface area contributed by atoms with Crippen LogP contribution >= 0.6 is 0 Å². The SMILES string of the molecule is COc1ccc(N)c(C(=O)NCC2CCC(O)C2)c1. The third-order valence-corrected chi connectivity index (χ3v) is 3.57. The average molecular weight is 264 g/mol. The zero-order valence-corrected chi connectivity index (χ0v) is 11.1. The fourth-order valence-electron chi connectivity index (χ4n) is 2.43. The van der Waals surface area contributed by atoms with Crippen molar-refractivity contribution in [2.75, 3.05) is 19.4 Å². The summed E-state index contributed by atoms with van der Waals surface area (Å²) in [6.07, 6.45) is 2.31. The normalized spacial score (nSPS) is 22.2. The Hall–Kier alpha value is -1.75. The van der Waals surface area contributed by atoms with Crippen LogP contribution in [-0.2, 0) is 0 Å². The van der Waals surface area contributed by atoms with Crippen molar-refractivity contribution >= 4 is 11.6 Å². The predicted molar refractivity (Wildman–Crippen MR) is 73.1 cm³/mol. The molecule has 1 aromatic carbocycles. The van der Waals surface area contributed by atoms with E-state index in [4.69, 9.17) is 10.5 Å². The molecule has 4 N–H and O–H groups in total. The first-order valence-electron chi connectivity index (χ1n) is 6.50. The molecule has 0 heterocycles. The molecule has 2 rings (SSSR count). The average Bonchev–Trinajstić information content (AvgIpc) is 2.82. The fourth-order valence-corrected chi connectivity index (χ4v) is 2.43. The quantitative estimate of drug-likeness (QED) is 0.713. The summed E-state index contributed by atoms with van der Waals surface area (Å²) in [5, 5.41) is 12.3. The Balaban J connectivity index is 1.96. The van der Waals surface area contributed by atoms with Gasteiger partial charge in [0.15, 0.2) is 0 Å². The topological polar surface area (TPSA) is 84.6 Å². The van der Waals surface area contributed by atoms with Gasteiger partial charge in [0, 0.05) is 12.2 Å². The van der Waals surface area contributed by atoms with E-state index >= 15 is 0 Å². The molecule has 19 heavy (non-hydrogen) atoms. The summed E-state index contributed by atoms with van der Waals surface area (Å²) in [6.45, 7) is 0.576. The molecule has 5 heteroatoms. The van der Waals surface area contributed by atoms with Gasteiger partial charge < -0.3 is 20.9 Å². The minimum atomic E-state index is -0.219. The molecule has 0 aliphatic heterocycles. The summed E-state index contributed by atoms with van der Waals surface area (Å²) in [5.74, 6) is 0.763. The van der Waals surface area contributed by atoms with E-state index in [0.29, 0.717) is 29.5 Å². The van der Waals surface area contributed by atoms with Gasteiger partial charge in [0.1, 0.15) is 5.75 Å². The first kappa shape index (κ1) is 13.7. The summed E-state index contributed by atoms with van der Waals surface area (Å²) in [5.41, 5.74) is 6.66. The highest BCUT2D eigenvalue weighted by Crippen LogP contribution is 2.25. The van der Waals surface area contributed by atoms with Crippen molar-refractivity contribution in [1.82, 2.24) is 5.32 Å². The Bertz CT molecular complexity index is 462. The van der Waals surface area contributed by atoms with Crippen LogP contribution in [0.3, 0.4) is 0 Å². The van der Waals surface area contributed by atoms with E-state index in [1.165, 1.54) is 0 Å². The van der Waals surface area contributed by atoms with Crippen LogP contribution in [0.2, 0.25) is 0 Å². The van der Waals surface area contributed by atoms with Gasteiger partial charge in [0.05, 0.1) is 18.8 Å². The molecule has 0 aromatic heterocycles. The molecule has 1 aliphatic carbocycles. The van der Waals surface area contributed by atoms with Crippen LogP contribution in [0.5, 0.6) is 5.75 Å². The zero-order chi connectivity index (χ0) is 13.8. The Morgan fingerprint density at radius 3 is 2.95 bits per heavy atom. The summed E-state index contributed by atoms with van der Waals surface area (Å²) >= 11 is 0. The molecule has 5 nitrogen and oxygen atoms in total. The van der Waals surface area contributed by atoms with Crippen molar-refractivity contribution in [1.29, 1.82) is 0 Å². The van der Waals surface area contributed by atoms with Crippen LogP contribution in [0.15, 0.2) is 18.2 Å². The highest BCUT2D eigenvalue weighted by atomic mass is 16.5. The van der Waals surface area contributed by atoms with Crippen LogP contribution in [0.4, 0.5) is 5.69 Å². The van der Waals surface area contributed by atoms with Crippen LogP contribution in [0.1, 0.15) is 29.6 Å². The van der Waals surface area contributed by atoms with Gasteiger partial charge >= 0.3 is 0 Å². The second-order valence-electron chi connectivity index (χ2n) is 5.00. The van der Waals surface area contributed by atoms with Crippen LogP contribution in [-0.4, -0.2) is 30.8 Å². The van der Waals surface area contributed by atoms with Crippen molar-refractivity contribution in [3.63, 3.8) is 0 Å². The smallest absolute Gasteiger partial charge is 0.253 e. The molecular weight excluding hydrogens is 244 g/mol. The summed E-state index contributed by atoms with van der Waals surface area (Å²) in [7, 11) is 1.55. The molecular formula is C14H20N2O3. The number of hydrogen-bond donors (Lipinski definition) is 3. The van der Waals surface area contributed by atoms with Crippen molar-refractivity contribution in [2.24, 2.45) is 5.92 Å². The van der Waals surface area contributed by atoms with Gasteiger partial charge in [-0.2, -0.15) is 0 Å². The lowest BCUT2D eigenvalue weighted by atomic mass is 10.1. The third kappa shape index (κ3) is 3.38. The molecule has 1 amide bonds. The minimum absolute atomic E-state index is 0.196. The van der Waals surface area contributed by atoms with Crippen molar-refractivity contribution in [3.05, 3.63) is 23.8 Å². The maximum atomic E-state index is 12.1. The number of amides is 1. The van der Waals surface area contributed by atoms with Crippen molar-refractivity contribution in [3.8, 4) is 5.75 Å². The molecule has 1 fully saturated rings. The van der Waals surface area contributed by atoms with Crippen LogP contribution in [0.25, 0.3) is 0 Å². The van der Waals surface area contributed by atoms with Crippen molar-refractivity contribution in [2.45, 2.75) is 25.4 Å². The molecule has 1 saturated carbocycles. The summed E-state index contributed by atoms with van der Waals surface area (Å²) < 4.78 is 5.08. The van der Waals surface area contributed by atoms with Gasteiger partial charge in [0.2, 0.25) is 0 Å². The number of aliphatic hydroxyl groups is 1. The van der Waals surface area contributed by atoms with E-state index < -0.39 is 0 Å².